The molecule has 4 heteroatoms. The summed E-state index contributed by atoms with van der Waals surface area (Å²) in [7, 11) is 0. The van der Waals surface area contributed by atoms with Crippen LogP contribution in [-0.2, 0) is 9.53 Å². The Kier molecular flexibility index (Phi) is 5.65. The minimum absolute atomic E-state index is 0.0177. The zero-order valence-electron chi connectivity index (χ0n) is 9.37. The molecule has 1 aliphatic heterocycles. The Morgan fingerprint density at radius 3 is 3.07 bits per heavy atom. The third-order valence-electron chi connectivity index (χ3n) is 2.71. The predicted molar refractivity (Wildman–Crippen MR) is 57.5 cm³/mol. The van der Waals surface area contributed by atoms with Crippen molar-refractivity contribution in [1.82, 2.24) is 5.32 Å². The molecule has 0 aliphatic carbocycles. The quantitative estimate of drug-likeness (QED) is 0.641. The molecule has 1 fully saturated rings. The highest BCUT2D eigenvalue weighted by atomic mass is 16.5. The van der Waals surface area contributed by atoms with E-state index in [4.69, 9.17) is 9.84 Å². The molecule has 15 heavy (non-hydrogen) atoms. The van der Waals surface area contributed by atoms with E-state index in [0.29, 0.717) is 19.1 Å². The van der Waals surface area contributed by atoms with Crippen molar-refractivity contribution in [1.29, 1.82) is 0 Å². The number of aliphatic hydroxyl groups is 1. The molecule has 0 aromatic rings. The van der Waals surface area contributed by atoms with Crippen molar-refractivity contribution in [3.8, 4) is 0 Å². The first-order chi connectivity index (χ1) is 7.24. The summed E-state index contributed by atoms with van der Waals surface area (Å²) in [6, 6.07) is 0. The highest BCUT2D eigenvalue weighted by molar-refractivity contribution is 5.80. The van der Waals surface area contributed by atoms with Gasteiger partial charge in [0.15, 0.2) is 0 Å². The maximum Gasteiger partial charge on any atom is 0.249 e. The summed E-state index contributed by atoms with van der Waals surface area (Å²) in [5.74, 6) is 0.341. The molecule has 0 aromatic heterocycles. The van der Waals surface area contributed by atoms with Gasteiger partial charge in [0.2, 0.25) is 5.91 Å². The summed E-state index contributed by atoms with van der Waals surface area (Å²) in [6.07, 6.45) is 3.47. The molecule has 4 nitrogen and oxygen atoms in total. The summed E-state index contributed by atoms with van der Waals surface area (Å²) in [6.45, 7) is 3.62. The molecule has 1 saturated heterocycles. The summed E-state index contributed by atoms with van der Waals surface area (Å²) >= 11 is 0. The van der Waals surface area contributed by atoms with Gasteiger partial charge in [-0.2, -0.15) is 0 Å². The second-order valence-corrected chi connectivity index (χ2v) is 4.22. The largest absolute Gasteiger partial charge is 0.396 e. The van der Waals surface area contributed by atoms with Crippen LogP contribution in [0, 0.1) is 5.92 Å². The molecule has 0 saturated carbocycles. The zero-order chi connectivity index (χ0) is 11.1. The predicted octanol–water partition coefficient (Wildman–Crippen LogP) is 0.690. The molecule has 0 bridgehead atoms. The monoisotopic (exact) mass is 215 g/mol. The van der Waals surface area contributed by atoms with Crippen molar-refractivity contribution in [3.05, 3.63) is 0 Å². The number of carbonyl (C=O) groups is 1. The number of rotatable bonds is 6. The molecule has 88 valence electrons. The highest BCUT2D eigenvalue weighted by Gasteiger charge is 2.22. The molecule has 0 radical (unpaired) electrons. The Balaban J connectivity index is 2.01. The van der Waals surface area contributed by atoms with Gasteiger partial charge in [0.1, 0.15) is 6.10 Å². The van der Waals surface area contributed by atoms with E-state index in [0.717, 1.165) is 25.7 Å². The van der Waals surface area contributed by atoms with Gasteiger partial charge >= 0.3 is 0 Å². The number of ether oxygens (including phenoxy) is 1. The van der Waals surface area contributed by atoms with Crippen molar-refractivity contribution in [2.24, 2.45) is 5.92 Å². The molecule has 1 amide bonds. The number of hydrogen-bond acceptors (Lipinski definition) is 3. The molecule has 0 spiro atoms. The number of carbonyl (C=O) groups excluding carboxylic acids is 1. The van der Waals surface area contributed by atoms with E-state index in [1.807, 2.05) is 6.92 Å². The fourth-order valence-corrected chi connectivity index (χ4v) is 1.65. The Morgan fingerprint density at radius 2 is 2.47 bits per heavy atom. The van der Waals surface area contributed by atoms with Crippen molar-refractivity contribution < 1.29 is 14.6 Å². The average Bonchev–Trinajstić information content (AvgIpc) is 2.77. The van der Waals surface area contributed by atoms with Crippen LogP contribution in [0.1, 0.15) is 32.6 Å². The van der Waals surface area contributed by atoms with Gasteiger partial charge in [0.25, 0.3) is 0 Å². The first kappa shape index (κ1) is 12.5. The Bertz CT molecular complexity index is 190. The van der Waals surface area contributed by atoms with Gasteiger partial charge < -0.3 is 15.2 Å². The van der Waals surface area contributed by atoms with Gasteiger partial charge in [-0.15, -0.1) is 0 Å². The Hall–Kier alpha value is -0.610. The van der Waals surface area contributed by atoms with Crippen molar-refractivity contribution in [3.63, 3.8) is 0 Å². The van der Waals surface area contributed by atoms with E-state index in [1.165, 1.54) is 0 Å². The number of amides is 1. The van der Waals surface area contributed by atoms with Gasteiger partial charge in [-0.3, -0.25) is 4.79 Å². The minimum Gasteiger partial charge on any atom is -0.396 e. The fraction of sp³-hybridized carbons (Fsp3) is 0.909. The van der Waals surface area contributed by atoms with E-state index in [2.05, 4.69) is 5.32 Å². The summed E-state index contributed by atoms with van der Waals surface area (Å²) in [5, 5.41) is 11.7. The summed E-state index contributed by atoms with van der Waals surface area (Å²) in [4.78, 5) is 11.5. The molecule has 2 N–H and O–H groups in total. The smallest absolute Gasteiger partial charge is 0.249 e. The summed E-state index contributed by atoms with van der Waals surface area (Å²) < 4.78 is 5.26. The van der Waals surface area contributed by atoms with Gasteiger partial charge in [-0.25, -0.2) is 0 Å². The van der Waals surface area contributed by atoms with Crippen LogP contribution in [0.25, 0.3) is 0 Å². The standard InChI is InChI=1S/C11H21NO3/c1-9(8-13)4-2-6-12-11(14)10-5-3-7-15-10/h9-10,13H,2-8H2,1H3,(H,12,14). The second kappa shape index (κ2) is 6.80. The zero-order valence-corrected chi connectivity index (χ0v) is 9.37. The van der Waals surface area contributed by atoms with E-state index in [1.54, 1.807) is 0 Å². The van der Waals surface area contributed by atoms with E-state index >= 15 is 0 Å². The van der Waals surface area contributed by atoms with Crippen LogP contribution in [0.4, 0.5) is 0 Å². The Labute approximate surface area is 91.0 Å². The molecule has 1 rings (SSSR count). The van der Waals surface area contributed by atoms with Gasteiger partial charge in [0, 0.05) is 19.8 Å². The highest BCUT2D eigenvalue weighted by Crippen LogP contribution is 2.11. The molecule has 0 aromatic carbocycles. The fourth-order valence-electron chi connectivity index (χ4n) is 1.65. The second-order valence-electron chi connectivity index (χ2n) is 4.22. The van der Waals surface area contributed by atoms with Gasteiger partial charge in [-0.05, 0) is 31.6 Å². The molecule has 1 heterocycles. The Morgan fingerprint density at radius 1 is 1.67 bits per heavy atom. The average molecular weight is 215 g/mol. The van der Waals surface area contributed by atoms with Crippen LogP contribution in [0.15, 0.2) is 0 Å². The number of aliphatic hydroxyl groups excluding tert-OH is 1. The lowest BCUT2D eigenvalue weighted by atomic mass is 10.1. The molecular weight excluding hydrogens is 194 g/mol. The lowest BCUT2D eigenvalue weighted by molar-refractivity contribution is -0.130. The third-order valence-corrected chi connectivity index (χ3v) is 2.71. The topological polar surface area (TPSA) is 58.6 Å². The number of nitrogens with one attached hydrogen (secondary N) is 1. The van der Waals surface area contributed by atoms with Crippen LogP contribution in [-0.4, -0.2) is 36.9 Å². The van der Waals surface area contributed by atoms with Crippen LogP contribution >= 0.6 is 0 Å². The minimum atomic E-state index is -0.222. The lowest BCUT2D eigenvalue weighted by Crippen LogP contribution is -2.34. The SMILES string of the molecule is CC(CO)CCCNC(=O)C1CCCO1. The van der Waals surface area contributed by atoms with Gasteiger partial charge in [0.05, 0.1) is 0 Å². The first-order valence-corrected chi connectivity index (χ1v) is 5.74. The van der Waals surface area contributed by atoms with E-state index in [-0.39, 0.29) is 18.6 Å². The third kappa shape index (κ3) is 4.62. The molecule has 2 atom stereocenters. The van der Waals surface area contributed by atoms with Crippen molar-refractivity contribution in [2.45, 2.75) is 38.7 Å². The van der Waals surface area contributed by atoms with E-state index in [9.17, 15) is 4.79 Å². The first-order valence-electron chi connectivity index (χ1n) is 5.74. The normalized spacial score (nSPS) is 22.7. The van der Waals surface area contributed by atoms with E-state index < -0.39 is 0 Å². The summed E-state index contributed by atoms with van der Waals surface area (Å²) in [5.41, 5.74) is 0. The van der Waals surface area contributed by atoms with Crippen LogP contribution in [0.5, 0.6) is 0 Å². The molecule has 1 aliphatic rings. The van der Waals surface area contributed by atoms with Crippen molar-refractivity contribution >= 4 is 5.91 Å². The maximum atomic E-state index is 11.5. The molecular formula is C11H21NO3. The van der Waals surface area contributed by atoms with Crippen molar-refractivity contribution in [2.75, 3.05) is 19.8 Å². The maximum absolute atomic E-state index is 11.5. The van der Waals surface area contributed by atoms with Crippen LogP contribution in [0.3, 0.4) is 0 Å². The lowest BCUT2D eigenvalue weighted by Gasteiger charge is -2.11. The van der Waals surface area contributed by atoms with Gasteiger partial charge in [-0.1, -0.05) is 6.92 Å². The van der Waals surface area contributed by atoms with Crippen LogP contribution in [0.2, 0.25) is 0 Å². The molecule has 2 unspecified atom stereocenters. The number of hydrogen-bond donors (Lipinski definition) is 2. The van der Waals surface area contributed by atoms with Crippen LogP contribution < -0.4 is 5.32 Å².